The average Bonchev–Trinajstić information content (AvgIpc) is 3.35. The van der Waals surface area contributed by atoms with Crippen LogP contribution in [-0.2, 0) is 9.63 Å². The quantitative estimate of drug-likeness (QED) is 0.111. The van der Waals surface area contributed by atoms with Crippen LogP contribution in [0.15, 0.2) is 48.6 Å². The van der Waals surface area contributed by atoms with E-state index < -0.39 is 5.09 Å². The molecular formula is C27H41ClN2O5. The Balaban J connectivity index is 0.000000350. The standard InChI is InChI=1S/C15H19ClO.C12H22N2O4/c16-14-9-5-10-15(12-14)17-11-4-3-8-13-6-1-2-7-13;1-2-3-4-5-6-9-12(15)13-10-7-8-11-18-14(16)17/h3,5,8-10,12-13H,1-2,4,6-7,11H2;3-4H,2,5-11H2,1H3,(H,13,15)/b8-3+;4-3-. The Morgan fingerprint density at radius 1 is 1.14 bits per heavy atom. The second-order valence-electron chi connectivity index (χ2n) is 8.45. The van der Waals surface area contributed by atoms with Gasteiger partial charge in [0.15, 0.2) is 0 Å². The second-order valence-corrected chi connectivity index (χ2v) is 8.89. The Labute approximate surface area is 215 Å². The number of unbranched alkanes of at least 4 members (excludes halogenated alkanes) is 2. The van der Waals surface area contributed by atoms with E-state index in [0.717, 1.165) is 49.0 Å². The molecular weight excluding hydrogens is 468 g/mol. The molecule has 1 aromatic carbocycles. The lowest BCUT2D eigenvalue weighted by molar-refractivity contribution is -0.757. The minimum atomic E-state index is -0.803. The predicted octanol–water partition coefficient (Wildman–Crippen LogP) is 7.08. The Bertz CT molecular complexity index is 764. The number of nitrogens with zero attached hydrogens (tertiary/aromatic N) is 1. The molecule has 7 nitrogen and oxygen atoms in total. The third kappa shape index (κ3) is 18.5. The number of carbonyl (C=O) groups is 1. The zero-order chi connectivity index (χ0) is 25.6. The van der Waals surface area contributed by atoms with Crippen LogP contribution in [0, 0.1) is 16.0 Å². The molecule has 2 rings (SSSR count). The van der Waals surface area contributed by atoms with E-state index in [4.69, 9.17) is 16.3 Å². The van der Waals surface area contributed by atoms with Gasteiger partial charge in [-0.2, -0.15) is 0 Å². The predicted molar refractivity (Wildman–Crippen MR) is 141 cm³/mol. The molecule has 1 saturated carbocycles. The van der Waals surface area contributed by atoms with Crippen LogP contribution in [0.2, 0.25) is 5.02 Å². The summed E-state index contributed by atoms with van der Waals surface area (Å²) in [5, 5.41) is 12.5. The van der Waals surface area contributed by atoms with Crippen molar-refractivity contribution in [2.24, 2.45) is 5.92 Å². The summed E-state index contributed by atoms with van der Waals surface area (Å²) in [5.41, 5.74) is 0. The number of ether oxygens (including phenoxy) is 1. The van der Waals surface area contributed by atoms with Gasteiger partial charge in [-0.15, -0.1) is 10.1 Å². The summed E-state index contributed by atoms with van der Waals surface area (Å²) in [4.78, 5) is 25.3. The van der Waals surface area contributed by atoms with Gasteiger partial charge in [0.25, 0.3) is 5.09 Å². The first-order valence-corrected chi connectivity index (χ1v) is 13.1. The SMILES string of the molecule is CC/C=C\CCCC(=O)NCCCCO[N+](=O)[O-].Clc1cccc(OCC/C=C/C2CCCC2)c1. The first-order chi connectivity index (χ1) is 17.0. The van der Waals surface area contributed by atoms with Crippen molar-refractivity contribution >= 4 is 17.5 Å². The molecule has 1 fully saturated rings. The number of carbonyl (C=O) groups excluding carboxylic acids is 1. The van der Waals surface area contributed by atoms with Crippen LogP contribution in [0.4, 0.5) is 0 Å². The van der Waals surface area contributed by atoms with Crippen molar-refractivity contribution in [2.45, 2.75) is 77.6 Å². The molecule has 1 aromatic rings. The first-order valence-electron chi connectivity index (χ1n) is 12.7. The monoisotopic (exact) mass is 508 g/mol. The Morgan fingerprint density at radius 3 is 2.66 bits per heavy atom. The van der Waals surface area contributed by atoms with E-state index in [-0.39, 0.29) is 12.5 Å². The number of hydrogen-bond donors (Lipinski definition) is 1. The Morgan fingerprint density at radius 2 is 1.94 bits per heavy atom. The van der Waals surface area contributed by atoms with Crippen molar-refractivity contribution in [1.29, 1.82) is 0 Å². The highest BCUT2D eigenvalue weighted by Crippen LogP contribution is 2.25. The van der Waals surface area contributed by atoms with E-state index in [0.29, 0.717) is 25.8 Å². The zero-order valence-corrected chi connectivity index (χ0v) is 21.7. The van der Waals surface area contributed by atoms with Crippen molar-refractivity contribution in [2.75, 3.05) is 19.8 Å². The molecule has 1 aliphatic rings. The smallest absolute Gasteiger partial charge is 0.294 e. The van der Waals surface area contributed by atoms with Gasteiger partial charge >= 0.3 is 0 Å². The van der Waals surface area contributed by atoms with Gasteiger partial charge < -0.3 is 14.9 Å². The molecule has 196 valence electrons. The van der Waals surface area contributed by atoms with Gasteiger partial charge in [-0.05, 0) is 75.5 Å². The minimum Gasteiger partial charge on any atom is -0.493 e. The maximum absolute atomic E-state index is 11.3. The van der Waals surface area contributed by atoms with Crippen LogP contribution in [0.25, 0.3) is 0 Å². The van der Waals surface area contributed by atoms with Gasteiger partial charge in [0.05, 0.1) is 13.2 Å². The summed E-state index contributed by atoms with van der Waals surface area (Å²) in [6.45, 7) is 3.44. The lowest BCUT2D eigenvalue weighted by Gasteiger charge is -2.05. The highest BCUT2D eigenvalue weighted by Gasteiger charge is 2.10. The molecule has 35 heavy (non-hydrogen) atoms. The molecule has 1 N–H and O–H groups in total. The number of rotatable bonds is 16. The lowest BCUT2D eigenvalue weighted by atomic mass is 10.1. The summed E-state index contributed by atoms with van der Waals surface area (Å²) in [5.74, 6) is 1.71. The maximum atomic E-state index is 11.3. The van der Waals surface area contributed by atoms with Gasteiger partial charge in [-0.3, -0.25) is 4.79 Å². The molecule has 0 saturated heterocycles. The van der Waals surface area contributed by atoms with E-state index >= 15 is 0 Å². The van der Waals surface area contributed by atoms with Crippen LogP contribution in [-0.4, -0.2) is 30.8 Å². The first kappa shape index (κ1) is 30.5. The second kappa shape index (κ2) is 20.8. The van der Waals surface area contributed by atoms with Crippen molar-refractivity contribution in [1.82, 2.24) is 5.32 Å². The molecule has 0 heterocycles. The van der Waals surface area contributed by atoms with Crippen LogP contribution < -0.4 is 10.1 Å². The van der Waals surface area contributed by atoms with E-state index in [1.165, 1.54) is 25.7 Å². The topological polar surface area (TPSA) is 90.7 Å². The molecule has 0 aliphatic heterocycles. The van der Waals surface area contributed by atoms with E-state index in [1.807, 2.05) is 24.3 Å². The molecule has 0 unspecified atom stereocenters. The molecule has 0 radical (unpaired) electrons. The zero-order valence-electron chi connectivity index (χ0n) is 21.0. The summed E-state index contributed by atoms with van der Waals surface area (Å²) in [6, 6.07) is 7.55. The van der Waals surface area contributed by atoms with Gasteiger partial charge in [0.1, 0.15) is 5.75 Å². The number of nitrogens with one attached hydrogen (secondary N) is 1. The van der Waals surface area contributed by atoms with Crippen LogP contribution in [0.1, 0.15) is 77.6 Å². The van der Waals surface area contributed by atoms with Crippen LogP contribution in [0.3, 0.4) is 0 Å². The maximum Gasteiger partial charge on any atom is 0.294 e. The summed E-state index contributed by atoms with van der Waals surface area (Å²) < 4.78 is 5.62. The van der Waals surface area contributed by atoms with Gasteiger partial charge in [0.2, 0.25) is 5.91 Å². The molecule has 1 aliphatic carbocycles. The minimum absolute atomic E-state index is 0.0371. The fraction of sp³-hybridized carbons (Fsp3) is 0.593. The third-order valence-corrected chi connectivity index (χ3v) is 5.66. The van der Waals surface area contributed by atoms with Crippen molar-refractivity contribution < 1.29 is 19.5 Å². The Kier molecular flexibility index (Phi) is 18.1. The summed E-state index contributed by atoms with van der Waals surface area (Å²) in [6.07, 6.45) is 19.9. The van der Waals surface area contributed by atoms with E-state index in [9.17, 15) is 14.9 Å². The van der Waals surface area contributed by atoms with Crippen molar-refractivity contribution in [3.63, 3.8) is 0 Å². The molecule has 0 spiro atoms. The number of hydrogen-bond acceptors (Lipinski definition) is 5. The van der Waals surface area contributed by atoms with E-state index in [1.54, 1.807) is 0 Å². The van der Waals surface area contributed by atoms with Crippen molar-refractivity contribution in [3.8, 4) is 5.75 Å². The van der Waals surface area contributed by atoms with Crippen LogP contribution >= 0.6 is 11.6 Å². The van der Waals surface area contributed by atoms with Crippen molar-refractivity contribution in [3.05, 3.63) is 63.7 Å². The molecule has 0 bridgehead atoms. The highest BCUT2D eigenvalue weighted by atomic mass is 35.5. The Hall–Kier alpha value is -2.54. The van der Waals surface area contributed by atoms with Gasteiger partial charge in [-0.1, -0.05) is 61.7 Å². The fourth-order valence-electron chi connectivity index (χ4n) is 3.59. The number of amides is 1. The molecule has 1 amide bonds. The molecule has 0 aromatic heterocycles. The van der Waals surface area contributed by atoms with E-state index in [2.05, 4.69) is 41.4 Å². The molecule has 8 heteroatoms. The van der Waals surface area contributed by atoms with Gasteiger partial charge in [-0.25, -0.2) is 0 Å². The number of benzene rings is 1. The average molecular weight is 509 g/mol. The highest BCUT2D eigenvalue weighted by molar-refractivity contribution is 6.30. The van der Waals surface area contributed by atoms with Gasteiger partial charge in [0, 0.05) is 18.0 Å². The largest absolute Gasteiger partial charge is 0.493 e. The summed E-state index contributed by atoms with van der Waals surface area (Å²) in [7, 11) is 0. The third-order valence-electron chi connectivity index (χ3n) is 5.42. The fourth-order valence-corrected chi connectivity index (χ4v) is 3.77. The summed E-state index contributed by atoms with van der Waals surface area (Å²) >= 11 is 5.88. The lowest BCUT2D eigenvalue weighted by Crippen LogP contribution is -2.24. The normalized spacial score (nSPS) is 13.5. The molecule has 0 atom stereocenters. The van der Waals surface area contributed by atoms with Crippen LogP contribution in [0.5, 0.6) is 5.75 Å². The number of halogens is 1. The number of allylic oxidation sites excluding steroid dienone is 3.